The third-order valence-electron chi connectivity index (χ3n) is 1.37. The highest BCUT2D eigenvalue weighted by molar-refractivity contribution is 5.85. The van der Waals surface area contributed by atoms with Gasteiger partial charge in [-0.3, -0.25) is 0 Å². The molecule has 5 nitrogen and oxygen atoms in total. The minimum atomic E-state index is -1.18. The summed E-state index contributed by atoms with van der Waals surface area (Å²) in [7, 11) is 0. The van der Waals surface area contributed by atoms with E-state index in [9.17, 15) is 14.7 Å². The first-order valence-electron chi connectivity index (χ1n) is 3.85. The summed E-state index contributed by atoms with van der Waals surface area (Å²) in [5, 5.41) is 17.6. The zero-order chi connectivity index (χ0) is 11.1. The first-order valence-corrected chi connectivity index (χ1v) is 3.85. The summed E-state index contributed by atoms with van der Waals surface area (Å²) in [6.45, 7) is 6.11. The number of ether oxygens (including phenoxy) is 1. The summed E-state index contributed by atoms with van der Waals surface area (Å²) in [6.07, 6.45) is -0.235. The molecule has 0 fully saturated rings. The summed E-state index contributed by atoms with van der Waals surface area (Å²) in [6, 6.07) is 0. The molecule has 14 heavy (non-hydrogen) atoms. The van der Waals surface area contributed by atoms with E-state index in [0.29, 0.717) is 0 Å². The summed E-state index contributed by atoms with van der Waals surface area (Å²) >= 11 is 0. The Bertz CT molecular complexity index is 256. The van der Waals surface area contributed by atoms with Crippen molar-refractivity contribution in [1.29, 1.82) is 0 Å². The molecular weight excluding hydrogens is 188 g/mol. The van der Waals surface area contributed by atoms with E-state index in [1.807, 2.05) is 0 Å². The fraction of sp³-hybridized carbons (Fsp3) is 0.333. The van der Waals surface area contributed by atoms with Gasteiger partial charge in [0.25, 0.3) is 0 Å². The number of rotatable bonds is 6. The molecule has 0 aliphatic heterocycles. The first kappa shape index (κ1) is 12.4. The molecule has 0 rings (SSSR count). The SMILES string of the molecule is C=CC(=O)OCC(O)CC(=C)C(=O)O. The van der Waals surface area contributed by atoms with Crippen LogP contribution < -0.4 is 0 Å². The van der Waals surface area contributed by atoms with E-state index in [2.05, 4.69) is 17.9 Å². The average molecular weight is 200 g/mol. The van der Waals surface area contributed by atoms with Gasteiger partial charge in [0.2, 0.25) is 0 Å². The number of aliphatic hydroxyl groups excluding tert-OH is 1. The Hall–Kier alpha value is -1.62. The molecule has 0 saturated heterocycles. The predicted octanol–water partition coefficient (Wildman–Crippen LogP) is 0.107. The Morgan fingerprint density at radius 3 is 2.50 bits per heavy atom. The van der Waals surface area contributed by atoms with Gasteiger partial charge in [-0.05, 0) is 0 Å². The number of aliphatic hydroxyl groups is 1. The first-order chi connectivity index (χ1) is 6.47. The number of hydrogen-bond acceptors (Lipinski definition) is 4. The van der Waals surface area contributed by atoms with Crippen molar-refractivity contribution in [3.05, 3.63) is 24.8 Å². The minimum Gasteiger partial charge on any atom is -0.478 e. The second kappa shape index (κ2) is 5.93. The Morgan fingerprint density at radius 2 is 2.07 bits per heavy atom. The Balaban J connectivity index is 3.81. The quantitative estimate of drug-likeness (QED) is 0.469. The lowest BCUT2D eigenvalue weighted by Crippen LogP contribution is -2.19. The normalized spacial score (nSPS) is 11.5. The standard InChI is InChI=1S/C9H12O5/c1-3-8(11)14-5-7(10)4-6(2)9(12)13/h3,7,10H,1-2,4-5H2,(H,12,13). The van der Waals surface area contributed by atoms with E-state index in [1.165, 1.54) is 0 Å². The van der Waals surface area contributed by atoms with Crippen molar-refractivity contribution in [2.75, 3.05) is 6.61 Å². The van der Waals surface area contributed by atoms with Crippen LogP contribution >= 0.6 is 0 Å². The van der Waals surface area contributed by atoms with E-state index < -0.39 is 18.0 Å². The van der Waals surface area contributed by atoms with Crippen molar-refractivity contribution in [2.24, 2.45) is 0 Å². The van der Waals surface area contributed by atoms with E-state index in [-0.39, 0.29) is 18.6 Å². The predicted molar refractivity (Wildman–Crippen MR) is 48.6 cm³/mol. The van der Waals surface area contributed by atoms with Crippen LogP contribution in [0, 0.1) is 0 Å². The van der Waals surface area contributed by atoms with Crippen molar-refractivity contribution in [3.63, 3.8) is 0 Å². The van der Waals surface area contributed by atoms with Crippen LogP contribution in [0.1, 0.15) is 6.42 Å². The second-order valence-electron chi connectivity index (χ2n) is 2.60. The number of carbonyl (C=O) groups excluding carboxylic acids is 1. The molecular formula is C9H12O5. The second-order valence-corrected chi connectivity index (χ2v) is 2.60. The highest BCUT2D eigenvalue weighted by Gasteiger charge is 2.12. The molecule has 0 aliphatic rings. The van der Waals surface area contributed by atoms with Gasteiger partial charge in [-0.25, -0.2) is 9.59 Å². The third kappa shape index (κ3) is 5.10. The Kier molecular flexibility index (Phi) is 5.24. The average Bonchev–Trinajstić information content (AvgIpc) is 2.13. The van der Waals surface area contributed by atoms with Gasteiger partial charge in [-0.15, -0.1) is 0 Å². The van der Waals surface area contributed by atoms with E-state index in [1.54, 1.807) is 0 Å². The topological polar surface area (TPSA) is 83.8 Å². The lowest BCUT2D eigenvalue weighted by atomic mass is 10.1. The summed E-state index contributed by atoms with van der Waals surface area (Å²) in [4.78, 5) is 20.8. The molecule has 0 aromatic rings. The fourth-order valence-corrected chi connectivity index (χ4v) is 0.668. The van der Waals surface area contributed by atoms with Gasteiger partial charge in [0.15, 0.2) is 0 Å². The van der Waals surface area contributed by atoms with Crippen molar-refractivity contribution < 1.29 is 24.5 Å². The molecule has 0 radical (unpaired) electrons. The highest BCUT2D eigenvalue weighted by atomic mass is 16.5. The third-order valence-corrected chi connectivity index (χ3v) is 1.37. The van der Waals surface area contributed by atoms with Gasteiger partial charge in [-0.2, -0.15) is 0 Å². The number of hydrogen-bond donors (Lipinski definition) is 2. The lowest BCUT2D eigenvalue weighted by Gasteiger charge is -2.09. The molecule has 2 N–H and O–H groups in total. The number of carboxylic acids is 1. The van der Waals surface area contributed by atoms with Crippen LogP contribution in [0.25, 0.3) is 0 Å². The van der Waals surface area contributed by atoms with E-state index in [0.717, 1.165) is 6.08 Å². The monoisotopic (exact) mass is 200 g/mol. The molecule has 0 aromatic heterocycles. The van der Waals surface area contributed by atoms with Gasteiger partial charge < -0.3 is 14.9 Å². The number of aliphatic carboxylic acids is 1. The number of carboxylic acid groups (broad SMARTS) is 1. The molecule has 1 unspecified atom stereocenters. The molecule has 0 amide bonds. The van der Waals surface area contributed by atoms with Crippen molar-refractivity contribution in [1.82, 2.24) is 0 Å². The van der Waals surface area contributed by atoms with Crippen LogP contribution in [0.2, 0.25) is 0 Å². The maximum atomic E-state index is 10.5. The molecule has 0 aliphatic carbocycles. The largest absolute Gasteiger partial charge is 0.478 e. The molecule has 0 saturated carbocycles. The van der Waals surface area contributed by atoms with Crippen molar-refractivity contribution in [3.8, 4) is 0 Å². The van der Waals surface area contributed by atoms with Gasteiger partial charge in [0.1, 0.15) is 6.61 Å². The molecule has 0 heterocycles. The van der Waals surface area contributed by atoms with Crippen LogP contribution in [0.3, 0.4) is 0 Å². The Morgan fingerprint density at radius 1 is 1.50 bits per heavy atom. The molecule has 78 valence electrons. The fourth-order valence-electron chi connectivity index (χ4n) is 0.668. The maximum Gasteiger partial charge on any atom is 0.331 e. The summed E-state index contributed by atoms with van der Waals surface area (Å²) in [5.41, 5.74) is -0.132. The zero-order valence-corrected chi connectivity index (χ0v) is 7.60. The van der Waals surface area contributed by atoms with Crippen LogP contribution in [0.4, 0.5) is 0 Å². The Labute approximate surface area is 81.3 Å². The summed E-state index contributed by atoms with van der Waals surface area (Å²) in [5.74, 6) is -1.84. The highest BCUT2D eigenvalue weighted by Crippen LogP contribution is 2.03. The molecule has 0 spiro atoms. The van der Waals surface area contributed by atoms with E-state index in [4.69, 9.17) is 5.11 Å². The van der Waals surface area contributed by atoms with Crippen molar-refractivity contribution >= 4 is 11.9 Å². The van der Waals surface area contributed by atoms with Crippen LogP contribution in [-0.4, -0.2) is 34.9 Å². The molecule has 5 heteroatoms. The summed E-state index contributed by atoms with van der Waals surface area (Å²) < 4.78 is 4.49. The van der Waals surface area contributed by atoms with Crippen molar-refractivity contribution in [2.45, 2.75) is 12.5 Å². The smallest absolute Gasteiger partial charge is 0.331 e. The number of esters is 1. The molecule has 0 aromatic carbocycles. The number of carbonyl (C=O) groups is 2. The van der Waals surface area contributed by atoms with Gasteiger partial charge >= 0.3 is 11.9 Å². The lowest BCUT2D eigenvalue weighted by molar-refractivity contribution is -0.140. The van der Waals surface area contributed by atoms with Gasteiger partial charge in [-0.1, -0.05) is 13.2 Å². The zero-order valence-electron chi connectivity index (χ0n) is 7.60. The maximum absolute atomic E-state index is 10.5. The van der Waals surface area contributed by atoms with Crippen LogP contribution in [0.5, 0.6) is 0 Å². The van der Waals surface area contributed by atoms with Crippen LogP contribution in [-0.2, 0) is 14.3 Å². The molecule has 0 bridgehead atoms. The van der Waals surface area contributed by atoms with Gasteiger partial charge in [0, 0.05) is 18.1 Å². The minimum absolute atomic E-state index is 0.132. The molecule has 1 atom stereocenters. The van der Waals surface area contributed by atoms with E-state index >= 15 is 0 Å². The van der Waals surface area contributed by atoms with Gasteiger partial charge in [0.05, 0.1) is 6.10 Å². The van der Waals surface area contributed by atoms with Crippen LogP contribution in [0.15, 0.2) is 24.8 Å².